The predicted octanol–water partition coefficient (Wildman–Crippen LogP) is 6.24. The molecule has 0 unspecified atom stereocenters. The van der Waals surface area contributed by atoms with E-state index in [9.17, 15) is 9.59 Å². The summed E-state index contributed by atoms with van der Waals surface area (Å²) in [6, 6.07) is 22.0. The first-order chi connectivity index (χ1) is 16.3. The molecule has 0 fully saturated rings. The Morgan fingerprint density at radius 1 is 0.882 bits per heavy atom. The highest BCUT2D eigenvalue weighted by molar-refractivity contribution is 7.80. The molecule has 3 N–H and O–H groups in total. The zero-order chi connectivity index (χ0) is 24.2. The van der Waals surface area contributed by atoms with Crippen LogP contribution in [0, 0.1) is 6.92 Å². The lowest BCUT2D eigenvalue weighted by molar-refractivity contribution is 0.0975. The predicted molar refractivity (Wildman–Crippen MR) is 140 cm³/mol. The number of carbonyl (C=O) groups excluding carboxylic acids is 2. The average Bonchev–Trinajstić information content (AvgIpc) is 3.25. The molecule has 1 heterocycles. The molecule has 4 rings (SSSR count). The van der Waals surface area contributed by atoms with Crippen molar-refractivity contribution in [1.82, 2.24) is 5.32 Å². The quantitative estimate of drug-likeness (QED) is 0.300. The van der Waals surface area contributed by atoms with Crippen LogP contribution in [-0.2, 0) is 0 Å². The Morgan fingerprint density at radius 2 is 1.62 bits per heavy atom. The summed E-state index contributed by atoms with van der Waals surface area (Å²) >= 11 is 5.30. The molecule has 172 valence electrons. The molecule has 1 aromatic heterocycles. The molecule has 0 saturated heterocycles. The number of furan rings is 1. The smallest absolute Gasteiger partial charge is 0.291 e. The maximum atomic E-state index is 12.6. The Kier molecular flexibility index (Phi) is 6.75. The molecule has 0 saturated carbocycles. The van der Waals surface area contributed by atoms with Crippen molar-refractivity contribution in [3.05, 3.63) is 95.2 Å². The van der Waals surface area contributed by atoms with Crippen molar-refractivity contribution in [3.63, 3.8) is 0 Å². The molecular formula is C27H25N3O3S. The summed E-state index contributed by atoms with van der Waals surface area (Å²) in [4.78, 5) is 25.1. The summed E-state index contributed by atoms with van der Waals surface area (Å²) in [5, 5.41) is 9.64. The summed E-state index contributed by atoms with van der Waals surface area (Å²) in [5.74, 6) is 0.0354. The van der Waals surface area contributed by atoms with Gasteiger partial charge in [-0.1, -0.05) is 44.2 Å². The molecular weight excluding hydrogens is 446 g/mol. The third-order valence-corrected chi connectivity index (χ3v) is 5.65. The van der Waals surface area contributed by atoms with Crippen LogP contribution < -0.4 is 16.0 Å². The fraction of sp³-hybridized carbons (Fsp3) is 0.148. The number of aryl methyl sites for hydroxylation is 1. The van der Waals surface area contributed by atoms with Gasteiger partial charge >= 0.3 is 0 Å². The van der Waals surface area contributed by atoms with Gasteiger partial charge in [-0.2, -0.15) is 0 Å². The van der Waals surface area contributed by atoms with E-state index in [4.69, 9.17) is 16.6 Å². The largest absolute Gasteiger partial charge is 0.451 e. The molecule has 7 heteroatoms. The van der Waals surface area contributed by atoms with Crippen LogP contribution in [0.4, 0.5) is 11.4 Å². The zero-order valence-corrected chi connectivity index (χ0v) is 20.0. The van der Waals surface area contributed by atoms with E-state index in [-0.39, 0.29) is 22.7 Å². The van der Waals surface area contributed by atoms with E-state index in [2.05, 4.69) is 29.8 Å². The van der Waals surface area contributed by atoms with Crippen LogP contribution in [0.2, 0.25) is 0 Å². The first kappa shape index (κ1) is 23.2. The second-order valence-electron chi connectivity index (χ2n) is 8.32. The van der Waals surface area contributed by atoms with E-state index in [1.807, 2.05) is 49.4 Å². The molecule has 3 aromatic carbocycles. The van der Waals surface area contributed by atoms with Crippen molar-refractivity contribution in [2.45, 2.75) is 26.7 Å². The zero-order valence-electron chi connectivity index (χ0n) is 19.1. The summed E-state index contributed by atoms with van der Waals surface area (Å²) in [6.07, 6.45) is 0. The van der Waals surface area contributed by atoms with Gasteiger partial charge in [-0.15, -0.1) is 0 Å². The van der Waals surface area contributed by atoms with Gasteiger partial charge < -0.3 is 15.1 Å². The third-order valence-electron chi connectivity index (χ3n) is 5.45. The Balaban J connectivity index is 1.37. The van der Waals surface area contributed by atoms with Crippen LogP contribution in [0.15, 0.2) is 77.2 Å². The van der Waals surface area contributed by atoms with Crippen LogP contribution in [0.25, 0.3) is 11.0 Å². The molecule has 0 spiro atoms. The SMILES string of the molecule is Cc1cc(NC(=S)NC(=O)c2ccc(C(C)C)cc2)ccc1NC(=O)c1cc2ccccc2o1. The molecule has 0 aliphatic rings. The lowest BCUT2D eigenvalue weighted by Crippen LogP contribution is -2.34. The van der Waals surface area contributed by atoms with Crippen molar-refractivity contribution in [2.75, 3.05) is 10.6 Å². The number of nitrogens with one attached hydrogen (secondary N) is 3. The van der Waals surface area contributed by atoms with E-state index >= 15 is 0 Å². The Bertz CT molecular complexity index is 1340. The van der Waals surface area contributed by atoms with Crippen LogP contribution in [0.5, 0.6) is 0 Å². The number of hydrogen-bond donors (Lipinski definition) is 3. The first-order valence-corrected chi connectivity index (χ1v) is 11.3. The van der Waals surface area contributed by atoms with Crippen molar-refractivity contribution in [3.8, 4) is 0 Å². The van der Waals surface area contributed by atoms with E-state index < -0.39 is 0 Å². The second-order valence-corrected chi connectivity index (χ2v) is 8.73. The van der Waals surface area contributed by atoms with Crippen LogP contribution >= 0.6 is 12.2 Å². The van der Waals surface area contributed by atoms with Gasteiger partial charge in [-0.05, 0) is 78.7 Å². The Hall–Kier alpha value is -3.97. The minimum absolute atomic E-state index is 0.191. The number of rotatable bonds is 5. The summed E-state index contributed by atoms with van der Waals surface area (Å²) in [5.41, 5.74) is 4.53. The number of carbonyl (C=O) groups is 2. The number of hydrogen-bond acceptors (Lipinski definition) is 4. The van der Waals surface area contributed by atoms with E-state index in [0.717, 1.165) is 10.9 Å². The van der Waals surface area contributed by atoms with Crippen molar-refractivity contribution in [2.24, 2.45) is 0 Å². The second kappa shape index (κ2) is 9.89. The highest BCUT2D eigenvalue weighted by Crippen LogP contribution is 2.23. The van der Waals surface area contributed by atoms with Crippen LogP contribution in [0.1, 0.15) is 51.8 Å². The van der Waals surface area contributed by atoms with E-state index in [1.165, 1.54) is 5.56 Å². The van der Waals surface area contributed by atoms with Crippen LogP contribution in [0.3, 0.4) is 0 Å². The first-order valence-electron chi connectivity index (χ1n) is 10.9. The molecule has 0 bridgehead atoms. The minimum Gasteiger partial charge on any atom is -0.451 e. The maximum Gasteiger partial charge on any atom is 0.291 e. The summed E-state index contributed by atoms with van der Waals surface area (Å²) < 4.78 is 5.63. The number of para-hydroxylation sites is 1. The molecule has 4 aromatic rings. The van der Waals surface area contributed by atoms with Gasteiger partial charge in [0.25, 0.3) is 11.8 Å². The molecule has 6 nitrogen and oxygen atoms in total. The minimum atomic E-state index is -0.328. The van der Waals surface area contributed by atoms with Gasteiger partial charge in [0.15, 0.2) is 10.9 Å². The molecule has 2 amide bonds. The van der Waals surface area contributed by atoms with Crippen LogP contribution in [-0.4, -0.2) is 16.9 Å². The number of fused-ring (bicyclic) bond motifs is 1. The third kappa shape index (κ3) is 5.32. The Morgan fingerprint density at radius 3 is 2.29 bits per heavy atom. The lowest BCUT2D eigenvalue weighted by Gasteiger charge is -2.13. The number of amides is 2. The fourth-order valence-corrected chi connectivity index (χ4v) is 3.73. The standard InChI is InChI=1S/C27H25N3O3S/c1-16(2)18-8-10-19(11-9-18)25(31)30-27(34)28-21-12-13-22(17(3)14-21)29-26(32)24-15-20-6-4-5-7-23(20)33-24/h4-16H,1-3H3,(H,29,32)(H2,28,30,31,34). The monoisotopic (exact) mass is 471 g/mol. The van der Waals surface area contributed by atoms with Crippen molar-refractivity contribution < 1.29 is 14.0 Å². The normalized spacial score (nSPS) is 10.8. The molecule has 0 atom stereocenters. The topological polar surface area (TPSA) is 83.4 Å². The van der Waals surface area contributed by atoms with Gasteiger partial charge in [0.1, 0.15) is 5.58 Å². The molecule has 0 radical (unpaired) electrons. The highest BCUT2D eigenvalue weighted by atomic mass is 32.1. The van der Waals surface area contributed by atoms with E-state index in [0.29, 0.717) is 28.4 Å². The fourth-order valence-electron chi connectivity index (χ4n) is 3.52. The Labute approximate surface area is 203 Å². The number of thiocarbonyl (C=S) groups is 1. The molecule has 34 heavy (non-hydrogen) atoms. The number of anilines is 2. The van der Waals surface area contributed by atoms with Crippen molar-refractivity contribution >= 4 is 51.5 Å². The van der Waals surface area contributed by atoms with Gasteiger partial charge in [0, 0.05) is 22.3 Å². The summed E-state index contributed by atoms with van der Waals surface area (Å²) in [6.45, 7) is 6.08. The van der Waals surface area contributed by atoms with Gasteiger partial charge in [-0.25, -0.2) is 0 Å². The van der Waals surface area contributed by atoms with Crippen molar-refractivity contribution in [1.29, 1.82) is 0 Å². The molecule has 0 aliphatic carbocycles. The average molecular weight is 472 g/mol. The molecule has 0 aliphatic heterocycles. The van der Waals surface area contributed by atoms with E-state index in [1.54, 1.807) is 30.3 Å². The maximum absolute atomic E-state index is 12.6. The lowest BCUT2D eigenvalue weighted by atomic mass is 10.0. The summed E-state index contributed by atoms with van der Waals surface area (Å²) in [7, 11) is 0. The van der Waals surface area contributed by atoms with Gasteiger partial charge in [-0.3, -0.25) is 14.9 Å². The van der Waals surface area contributed by atoms with Gasteiger partial charge in [0.05, 0.1) is 0 Å². The highest BCUT2D eigenvalue weighted by Gasteiger charge is 2.14. The number of benzene rings is 3. The van der Waals surface area contributed by atoms with Gasteiger partial charge in [0.2, 0.25) is 0 Å².